The Bertz CT molecular complexity index is 515. The maximum atomic E-state index is 4.01. The quantitative estimate of drug-likeness (QED) is 0.827. The number of anilines is 1. The summed E-state index contributed by atoms with van der Waals surface area (Å²) < 4.78 is 0. The molecular formula is C16H18N. The van der Waals surface area contributed by atoms with Gasteiger partial charge in [-0.15, -0.1) is 0 Å². The number of rotatable bonds is 3. The summed E-state index contributed by atoms with van der Waals surface area (Å²) in [7, 11) is 0. The fourth-order valence-electron chi connectivity index (χ4n) is 1.93. The summed E-state index contributed by atoms with van der Waals surface area (Å²) in [4.78, 5) is 0. The molecule has 0 bridgehead atoms. The molecule has 2 aromatic carbocycles. The Kier molecular flexibility index (Phi) is 3.48. The second-order valence-corrected chi connectivity index (χ2v) is 4.44. The highest BCUT2D eigenvalue weighted by Crippen LogP contribution is 2.16. The molecule has 0 aliphatic carbocycles. The number of aryl methyl sites for hydroxylation is 2. The van der Waals surface area contributed by atoms with E-state index in [1.807, 2.05) is 18.2 Å². The van der Waals surface area contributed by atoms with Gasteiger partial charge in [-0.2, -0.15) is 0 Å². The van der Waals surface area contributed by atoms with Crippen molar-refractivity contribution in [2.24, 2.45) is 0 Å². The van der Waals surface area contributed by atoms with Crippen molar-refractivity contribution >= 4 is 5.69 Å². The summed E-state index contributed by atoms with van der Waals surface area (Å²) in [6, 6.07) is 14.7. The molecule has 0 aliphatic rings. The van der Waals surface area contributed by atoms with E-state index in [4.69, 9.17) is 0 Å². The van der Waals surface area contributed by atoms with E-state index in [0.717, 1.165) is 17.8 Å². The van der Waals surface area contributed by atoms with Gasteiger partial charge < -0.3 is 5.32 Å². The molecule has 0 aliphatic heterocycles. The van der Waals surface area contributed by atoms with Crippen molar-refractivity contribution in [3.63, 3.8) is 0 Å². The van der Waals surface area contributed by atoms with Gasteiger partial charge in [0.1, 0.15) is 0 Å². The molecular weight excluding hydrogens is 206 g/mol. The van der Waals surface area contributed by atoms with E-state index in [-0.39, 0.29) is 0 Å². The van der Waals surface area contributed by atoms with Gasteiger partial charge in [0.05, 0.1) is 0 Å². The smallest absolute Gasteiger partial charge is 0.0403 e. The van der Waals surface area contributed by atoms with Crippen molar-refractivity contribution in [2.45, 2.75) is 20.4 Å². The van der Waals surface area contributed by atoms with Crippen LogP contribution in [0.1, 0.15) is 22.3 Å². The molecule has 0 heterocycles. The molecule has 0 atom stereocenters. The Balaban J connectivity index is 2.10. The molecule has 0 fully saturated rings. The number of nitrogens with one attached hydrogen (secondary N) is 1. The molecule has 1 radical (unpaired) electrons. The zero-order chi connectivity index (χ0) is 12.3. The first kappa shape index (κ1) is 11.7. The predicted octanol–water partition coefficient (Wildman–Crippen LogP) is 4.10. The van der Waals surface area contributed by atoms with E-state index >= 15 is 0 Å². The molecule has 17 heavy (non-hydrogen) atoms. The summed E-state index contributed by atoms with van der Waals surface area (Å²) in [5, 5.41) is 3.43. The molecule has 0 unspecified atom stereocenters. The second kappa shape index (κ2) is 5.05. The van der Waals surface area contributed by atoms with Crippen molar-refractivity contribution in [3.8, 4) is 0 Å². The summed E-state index contributed by atoms with van der Waals surface area (Å²) >= 11 is 0. The summed E-state index contributed by atoms with van der Waals surface area (Å²) in [6.45, 7) is 9.13. The average molecular weight is 224 g/mol. The SMILES string of the molecule is [CH2]c1ccccc1NCc1ccc(C)cc1C. The number of para-hydroxylation sites is 1. The van der Waals surface area contributed by atoms with Gasteiger partial charge in [0.2, 0.25) is 0 Å². The van der Waals surface area contributed by atoms with Crippen LogP contribution in [0.2, 0.25) is 0 Å². The Hall–Kier alpha value is -1.76. The predicted molar refractivity (Wildman–Crippen MR) is 74.1 cm³/mol. The molecule has 1 heteroatoms. The first-order valence-electron chi connectivity index (χ1n) is 5.88. The summed E-state index contributed by atoms with van der Waals surface area (Å²) in [5.74, 6) is 0. The van der Waals surface area contributed by atoms with Crippen molar-refractivity contribution in [3.05, 3.63) is 71.6 Å². The molecule has 1 nitrogen and oxygen atoms in total. The lowest BCUT2D eigenvalue weighted by molar-refractivity contribution is 1.11. The van der Waals surface area contributed by atoms with Gasteiger partial charge in [0, 0.05) is 12.2 Å². The van der Waals surface area contributed by atoms with Crippen LogP contribution < -0.4 is 5.32 Å². The number of hydrogen-bond acceptors (Lipinski definition) is 1. The van der Waals surface area contributed by atoms with Crippen molar-refractivity contribution in [1.82, 2.24) is 0 Å². The largest absolute Gasteiger partial charge is 0.381 e. The molecule has 0 spiro atoms. The Morgan fingerprint density at radius 2 is 1.82 bits per heavy atom. The second-order valence-electron chi connectivity index (χ2n) is 4.44. The zero-order valence-corrected chi connectivity index (χ0v) is 10.5. The van der Waals surface area contributed by atoms with E-state index in [1.54, 1.807) is 0 Å². The van der Waals surface area contributed by atoms with E-state index < -0.39 is 0 Å². The van der Waals surface area contributed by atoms with E-state index in [2.05, 4.69) is 50.4 Å². The Morgan fingerprint density at radius 3 is 2.53 bits per heavy atom. The van der Waals surface area contributed by atoms with Crippen LogP contribution in [0.15, 0.2) is 42.5 Å². The monoisotopic (exact) mass is 224 g/mol. The van der Waals surface area contributed by atoms with Gasteiger partial charge in [-0.1, -0.05) is 42.0 Å². The van der Waals surface area contributed by atoms with Gasteiger partial charge >= 0.3 is 0 Å². The third-order valence-electron chi connectivity index (χ3n) is 2.98. The highest BCUT2D eigenvalue weighted by molar-refractivity contribution is 5.53. The number of benzene rings is 2. The van der Waals surface area contributed by atoms with Crippen LogP contribution in [0.5, 0.6) is 0 Å². The lowest BCUT2D eigenvalue weighted by atomic mass is 10.1. The van der Waals surface area contributed by atoms with Crippen molar-refractivity contribution in [1.29, 1.82) is 0 Å². The maximum Gasteiger partial charge on any atom is 0.0403 e. The van der Waals surface area contributed by atoms with Crippen LogP contribution in [0.25, 0.3) is 0 Å². The van der Waals surface area contributed by atoms with Crippen LogP contribution in [0.4, 0.5) is 5.69 Å². The fourth-order valence-corrected chi connectivity index (χ4v) is 1.93. The minimum atomic E-state index is 0.846. The van der Waals surface area contributed by atoms with Gasteiger partial charge in [-0.05, 0) is 43.5 Å². The molecule has 0 saturated heterocycles. The molecule has 1 N–H and O–H groups in total. The van der Waals surface area contributed by atoms with Crippen LogP contribution in [0, 0.1) is 20.8 Å². The van der Waals surface area contributed by atoms with E-state index in [0.29, 0.717) is 0 Å². The van der Waals surface area contributed by atoms with Crippen molar-refractivity contribution < 1.29 is 0 Å². The first-order valence-corrected chi connectivity index (χ1v) is 5.88. The zero-order valence-electron chi connectivity index (χ0n) is 10.5. The lowest BCUT2D eigenvalue weighted by Crippen LogP contribution is -2.02. The van der Waals surface area contributed by atoms with Gasteiger partial charge in [-0.3, -0.25) is 0 Å². The first-order chi connectivity index (χ1) is 8.16. The summed E-state index contributed by atoms with van der Waals surface area (Å²) in [6.07, 6.45) is 0. The van der Waals surface area contributed by atoms with Gasteiger partial charge in [0.25, 0.3) is 0 Å². The van der Waals surface area contributed by atoms with Gasteiger partial charge in [0.15, 0.2) is 0 Å². The molecule has 0 amide bonds. The Labute approximate surface area is 103 Å². The maximum absolute atomic E-state index is 4.01. The standard InChI is InChI=1S/C16H18N/c1-12-8-9-15(14(3)10-12)11-17-16-7-5-4-6-13(16)2/h4-10,17H,2,11H2,1,3H3. The summed E-state index contributed by atoms with van der Waals surface area (Å²) in [5.41, 5.74) is 6.12. The van der Waals surface area contributed by atoms with Crippen LogP contribution >= 0.6 is 0 Å². The normalized spacial score (nSPS) is 10.3. The Morgan fingerprint density at radius 1 is 1.06 bits per heavy atom. The third-order valence-corrected chi connectivity index (χ3v) is 2.98. The molecule has 2 aromatic rings. The fraction of sp³-hybridized carbons (Fsp3) is 0.188. The van der Waals surface area contributed by atoms with Crippen LogP contribution in [-0.4, -0.2) is 0 Å². The highest BCUT2D eigenvalue weighted by Gasteiger charge is 2.00. The molecule has 0 saturated carbocycles. The minimum absolute atomic E-state index is 0.846. The van der Waals surface area contributed by atoms with E-state index in [9.17, 15) is 0 Å². The van der Waals surface area contributed by atoms with Crippen LogP contribution in [-0.2, 0) is 6.54 Å². The molecule has 0 aromatic heterocycles. The van der Waals surface area contributed by atoms with Crippen LogP contribution in [0.3, 0.4) is 0 Å². The third kappa shape index (κ3) is 2.88. The molecule has 87 valence electrons. The average Bonchev–Trinajstić information content (AvgIpc) is 2.30. The highest BCUT2D eigenvalue weighted by atomic mass is 14.9. The van der Waals surface area contributed by atoms with Gasteiger partial charge in [-0.25, -0.2) is 0 Å². The van der Waals surface area contributed by atoms with Crippen molar-refractivity contribution in [2.75, 3.05) is 5.32 Å². The molecule has 2 rings (SSSR count). The topological polar surface area (TPSA) is 12.0 Å². The minimum Gasteiger partial charge on any atom is -0.381 e. The number of hydrogen-bond donors (Lipinski definition) is 1. The lowest BCUT2D eigenvalue weighted by Gasteiger charge is -2.11. The van der Waals surface area contributed by atoms with E-state index in [1.165, 1.54) is 16.7 Å².